The highest BCUT2D eigenvalue weighted by atomic mass is 16.2. The number of unbranched alkanes of at least 4 members (excludes halogenated alkanes) is 22. The minimum atomic E-state index is -0.842. The highest BCUT2D eigenvalue weighted by molar-refractivity contribution is 5.88. The number of allylic oxidation sites excluding steroid dienone is 4. The first kappa shape index (κ1) is 53.0. The zero-order valence-electron chi connectivity index (χ0n) is 37.8. The summed E-state index contributed by atoms with van der Waals surface area (Å²) in [4.78, 5) is 57.4. The lowest BCUT2D eigenvalue weighted by Crippen LogP contribution is -2.53. The summed E-state index contributed by atoms with van der Waals surface area (Å²) in [5, 5.41) is 8.69. The molecule has 4 amide bonds. The van der Waals surface area contributed by atoms with E-state index in [2.05, 4.69) is 59.1 Å². The predicted molar refractivity (Wildman–Crippen MR) is 245 cm³/mol. The lowest BCUT2D eigenvalue weighted by atomic mass is 10.1. The summed E-state index contributed by atoms with van der Waals surface area (Å²) in [5.41, 5.74) is 0. The Balaban J connectivity index is 2.37. The summed E-state index contributed by atoms with van der Waals surface area (Å²) in [6.45, 7) is 7.91. The molecule has 0 radical (unpaired) electrons. The van der Waals surface area contributed by atoms with Crippen molar-refractivity contribution < 1.29 is 19.2 Å². The maximum absolute atomic E-state index is 13.2. The minimum absolute atomic E-state index is 0.0173. The SMILES string of the molecule is CCCCCCCC/C=C\CCCCCCCC(=O)NCC(NC(=O)CCCCCCC/C=C\CCCCCCCC)C(=O)NCCN=CC1CCCN1C(=O)CC. The topological polar surface area (TPSA) is 120 Å². The van der Waals surface area contributed by atoms with E-state index in [-0.39, 0.29) is 36.2 Å². The molecule has 1 aliphatic rings. The molecule has 3 N–H and O–H groups in total. The molecule has 0 saturated carbocycles. The monoisotopic (exact) mass is 812 g/mol. The number of rotatable bonds is 39. The van der Waals surface area contributed by atoms with Gasteiger partial charge in [0.15, 0.2) is 0 Å². The fourth-order valence-electron chi connectivity index (χ4n) is 7.52. The Morgan fingerprint density at radius 3 is 1.57 bits per heavy atom. The van der Waals surface area contributed by atoms with E-state index < -0.39 is 6.04 Å². The van der Waals surface area contributed by atoms with E-state index in [1.54, 1.807) is 0 Å². The third-order valence-corrected chi connectivity index (χ3v) is 11.2. The van der Waals surface area contributed by atoms with Crippen LogP contribution in [0.15, 0.2) is 29.3 Å². The van der Waals surface area contributed by atoms with Gasteiger partial charge < -0.3 is 20.9 Å². The van der Waals surface area contributed by atoms with Crippen LogP contribution in [0.3, 0.4) is 0 Å². The Labute approximate surface area is 356 Å². The smallest absolute Gasteiger partial charge is 0.244 e. The molecule has 0 aromatic carbocycles. The molecule has 0 bridgehead atoms. The highest BCUT2D eigenvalue weighted by Crippen LogP contribution is 2.17. The van der Waals surface area contributed by atoms with Gasteiger partial charge in [-0.3, -0.25) is 24.2 Å². The van der Waals surface area contributed by atoms with E-state index >= 15 is 0 Å². The Hall–Kier alpha value is -2.97. The van der Waals surface area contributed by atoms with E-state index in [0.29, 0.717) is 32.4 Å². The zero-order valence-corrected chi connectivity index (χ0v) is 37.8. The molecular weight excluding hydrogens is 723 g/mol. The molecule has 1 heterocycles. The van der Waals surface area contributed by atoms with Gasteiger partial charge in [0.1, 0.15) is 6.04 Å². The maximum atomic E-state index is 13.2. The van der Waals surface area contributed by atoms with Gasteiger partial charge in [0.2, 0.25) is 23.6 Å². The van der Waals surface area contributed by atoms with Crippen molar-refractivity contribution in [2.24, 2.45) is 4.99 Å². The van der Waals surface area contributed by atoms with Gasteiger partial charge in [-0.2, -0.15) is 0 Å². The fraction of sp³-hybridized carbons (Fsp3) is 0.816. The quantitative estimate of drug-likeness (QED) is 0.0325. The van der Waals surface area contributed by atoms with Crippen LogP contribution in [0.4, 0.5) is 0 Å². The number of amides is 4. The number of nitrogens with zero attached hydrogens (tertiary/aromatic N) is 2. The van der Waals surface area contributed by atoms with Crippen LogP contribution in [-0.2, 0) is 19.2 Å². The number of aliphatic imine (C=N–C) groups is 1. The van der Waals surface area contributed by atoms with Crippen LogP contribution >= 0.6 is 0 Å². The zero-order chi connectivity index (χ0) is 42.2. The Bertz CT molecular complexity index is 1120. The fourth-order valence-corrected chi connectivity index (χ4v) is 7.52. The molecular formula is C49H89N5O4. The van der Waals surface area contributed by atoms with Crippen LogP contribution in [0.5, 0.6) is 0 Å². The van der Waals surface area contributed by atoms with Gasteiger partial charge in [-0.1, -0.05) is 148 Å². The first-order valence-corrected chi connectivity index (χ1v) is 24.4. The predicted octanol–water partition coefficient (Wildman–Crippen LogP) is 11.3. The molecule has 2 unspecified atom stereocenters. The van der Waals surface area contributed by atoms with Gasteiger partial charge in [0, 0.05) is 45.1 Å². The van der Waals surface area contributed by atoms with Crippen LogP contribution in [0.25, 0.3) is 0 Å². The standard InChI is InChI=1S/C49H89N5O4/c1-4-7-9-11-13-15-17-19-21-23-25-27-29-31-33-37-46(55)52-43-45(49(58)51-40-39-50-42-44-36-35-41-54(44)48(57)6-3)53-47(56)38-34-32-30-28-26-24-22-20-18-16-14-12-10-8-5-2/h19-22,42,44-45H,4-18,23-41,43H2,1-3H3,(H,51,58)(H,52,55)(H,53,56)/b21-19-,22-20-,50-42?. The first-order valence-electron chi connectivity index (χ1n) is 24.4. The summed E-state index contributed by atoms with van der Waals surface area (Å²) in [7, 11) is 0. The van der Waals surface area contributed by atoms with Crippen molar-refractivity contribution in [2.75, 3.05) is 26.2 Å². The number of carbonyl (C=O) groups excluding carboxylic acids is 4. The molecule has 9 nitrogen and oxygen atoms in total. The van der Waals surface area contributed by atoms with E-state index in [4.69, 9.17) is 0 Å². The largest absolute Gasteiger partial charge is 0.353 e. The lowest BCUT2D eigenvalue weighted by Gasteiger charge is -2.21. The number of carbonyl (C=O) groups is 4. The van der Waals surface area contributed by atoms with Crippen LogP contribution in [-0.4, -0.2) is 73.0 Å². The average molecular weight is 812 g/mol. The molecule has 58 heavy (non-hydrogen) atoms. The van der Waals surface area contributed by atoms with Crippen LogP contribution in [0, 0.1) is 0 Å². The first-order chi connectivity index (χ1) is 28.4. The number of nitrogens with one attached hydrogen (secondary N) is 3. The molecule has 9 heteroatoms. The van der Waals surface area contributed by atoms with Crippen molar-refractivity contribution in [2.45, 2.75) is 232 Å². The number of hydrogen-bond acceptors (Lipinski definition) is 5. The third kappa shape index (κ3) is 31.0. The molecule has 0 spiro atoms. The number of likely N-dealkylation sites (tertiary alicyclic amines) is 1. The van der Waals surface area contributed by atoms with Crippen molar-refractivity contribution in [1.82, 2.24) is 20.9 Å². The van der Waals surface area contributed by atoms with Gasteiger partial charge in [0.25, 0.3) is 0 Å². The van der Waals surface area contributed by atoms with Crippen molar-refractivity contribution in [1.29, 1.82) is 0 Å². The molecule has 1 fully saturated rings. The summed E-state index contributed by atoms with van der Waals surface area (Å²) < 4.78 is 0. The molecule has 1 aliphatic heterocycles. The van der Waals surface area contributed by atoms with E-state index in [0.717, 1.165) is 77.2 Å². The molecule has 1 rings (SSSR count). The molecule has 0 aromatic rings. The molecule has 0 aliphatic carbocycles. The summed E-state index contributed by atoms with van der Waals surface area (Å²) in [6, 6.07) is -0.825. The third-order valence-electron chi connectivity index (χ3n) is 11.2. The molecule has 2 atom stereocenters. The molecule has 0 aromatic heterocycles. The van der Waals surface area contributed by atoms with Crippen LogP contribution < -0.4 is 16.0 Å². The molecule has 334 valence electrons. The Morgan fingerprint density at radius 1 is 0.603 bits per heavy atom. The van der Waals surface area contributed by atoms with Crippen molar-refractivity contribution in [3.8, 4) is 0 Å². The second kappa shape index (κ2) is 39.5. The van der Waals surface area contributed by atoms with Gasteiger partial charge >= 0.3 is 0 Å². The summed E-state index contributed by atoms with van der Waals surface area (Å²) in [6.07, 6.45) is 45.6. The van der Waals surface area contributed by atoms with Crippen molar-refractivity contribution in [3.63, 3.8) is 0 Å². The summed E-state index contributed by atoms with van der Waals surface area (Å²) in [5.74, 6) is -0.432. The van der Waals surface area contributed by atoms with Gasteiger partial charge in [-0.25, -0.2) is 0 Å². The van der Waals surface area contributed by atoms with Crippen LogP contribution in [0.2, 0.25) is 0 Å². The molecule has 1 saturated heterocycles. The Morgan fingerprint density at radius 2 is 1.07 bits per heavy atom. The van der Waals surface area contributed by atoms with Crippen molar-refractivity contribution >= 4 is 29.8 Å². The van der Waals surface area contributed by atoms with Crippen LogP contribution in [0.1, 0.15) is 220 Å². The average Bonchev–Trinajstić information content (AvgIpc) is 3.70. The minimum Gasteiger partial charge on any atom is -0.353 e. The van der Waals surface area contributed by atoms with Gasteiger partial charge in [-0.05, 0) is 77.0 Å². The Kier molecular flexibility index (Phi) is 36.1. The van der Waals surface area contributed by atoms with E-state index in [1.165, 1.54) is 109 Å². The van der Waals surface area contributed by atoms with Crippen molar-refractivity contribution in [3.05, 3.63) is 24.3 Å². The number of hydrogen-bond donors (Lipinski definition) is 3. The maximum Gasteiger partial charge on any atom is 0.244 e. The second-order valence-corrected chi connectivity index (χ2v) is 16.6. The lowest BCUT2D eigenvalue weighted by molar-refractivity contribution is -0.130. The van der Waals surface area contributed by atoms with E-state index in [9.17, 15) is 19.2 Å². The highest BCUT2D eigenvalue weighted by Gasteiger charge is 2.26. The van der Waals surface area contributed by atoms with Gasteiger partial charge in [0.05, 0.1) is 12.6 Å². The van der Waals surface area contributed by atoms with Gasteiger partial charge in [-0.15, -0.1) is 0 Å². The second-order valence-electron chi connectivity index (χ2n) is 16.6. The summed E-state index contributed by atoms with van der Waals surface area (Å²) >= 11 is 0. The normalized spacial score (nSPS) is 14.9. The van der Waals surface area contributed by atoms with E-state index in [1.807, 2.05) is 18.0 Å².